The van der Waals surface area contributed by atoms with Crippen LogP contribution < -0.4 is 0 Å². The van der Waals surface area contributed by atoms with Crippen molar-refractivity contribution in [2.24, 2.45) is 0 Å². The number of fused-ring (bicyclic) bond motifs is 6. The molecular formula is C53H47N5. The molecule has 0 spiro atoms. The van der Waals surface area contributed by atoms with Gasteiger partial charge in [-0.2, -0.15) is 5.10 Å². The third kappa shape index (κ3) is 5.52. The summed E-state index contributed by atoms with van der Waals surface area (Å²) in [6.45, 7) is 13.8. The van der Waals surface area contributed by atoms with E-state index < -0.39 is 5.41 Å². The van der Waals surface area contributed by atoms with Crippen LogP contribution in [0.1, 0.15) is 75.1 Å². The van der Waals surface area contributed by atoms with Gasteiger partial charge >= 0.3 is 0 Å². The molecule has 4 heterocycles. The number of nitrogens with one attached hydrogen (secondary N) is 1. The molecule has 0 atom stereocenters. The van der Waals surface area contributed by atoms with E-state index in [1.165, 1.54) is 38.4 Å². The maximum Gasteiger partial charge on any atom is 0.141 e. The lowest BCUT2D eigenvalue weighted by Gasteiger charge is -2.38. The Labute approximate surface area is 339 Å². The van der Waals surface area contributed by atoms with Gasteiger partial charge in [0, 0.05) is 27.2 Å². The van der Waals surface area contributed by atoms with Crippen molar-refractivity contribution in [3.63, 3.8) is 0 Å². The van der Waals surface area contributed by atoms with Crippen LogP contribution in [0.5, 0.6) is 0 Å². The number of hydrogen-bond donors (Lipinski definition) is 1. The lowest BCUT2D eigenvalue weighted by atomic mass is 9.65. The molecule has 0 unspecified atom stereocenters. The Kier molecular flexibility index (Phi) is 8.10. The highest BCUT2D eigenvalue weighted by Gasteiger charge is 2.41. The van der Waals surface area contributed by atoms with Gasteiger partial charge in [0.25, 0.3) is 0 Å². The molecule has 0 bridgehead atoms. The second kappa shape index (κ2) is 13.2. The average molecular weight is 754 g/mol. The number of aromatic nitrogens is 5. The van der Waals surface area contributed by atoms with E-state index in [9.17, 15) is 0 Å². The molecule has 0 aliphatic carbocycles. The number of hydrogen-bond acceptors (Lipinski definition) is 2. The summed E-state index contributed by atoms with van der Waals surface area (Å²) in [5, 5.41) is 12.5. The highest BCUT2D eigenvalue weighted by molar-refractivity contribution is 6.09. The summed E-state index contributed by atoms with van der Waals surface area (Å²) >= 11 is 0. The summed E-state index contributed by atoms with van der Waals surface area (Å²) in [6.07, 6.45) is 1.93. The van der Waals surface area contributed by atoms with Gasteiger partial charge in [0.1, 0.15) is 11.5 Å². The molecule has 10 aromatic rings. The van der Waals surface area contributed by atoms with Crippen molar-refractivity contribution in [2.45, 2.75) is 57.8 Å². The highest BCUT2D eigenvalue weighted by atomic mass is 15.2. The molecule has 0 fully saturated rings. The molecule has 6 aromatic carbocycles. The summed E-state index contributed by atoms with van der Waals surface area (Å²) in [6, 6.07) is 60.0. The zero-order chi connectivity index (χ0) is 39.8. The fourth-order valence-electron chi connectivity index (χ4n) is 9.12. The average Bonchev–Trinajstić information content (AvgIpc) is 3.93. The lowest BCUT2D eigenvalue weighted by Crippen LogP contribution is -2.33. The molecule has 0 saturated carbocycles. The summed E-state index contributed by atoms with van der Waals surface area (Å²) in [5.74, 6) is 0.880. The molecule has 0 amide bonds. The van der Waals surface area contributed by atoms with Gasteiger partial charge in [0.15, 0.2) is 0 Å². The van der Waals surface area contributed by atoms with Gasteiger partial charge in [-0.05, 0) is 81.1 Å². The second-order valence-electron chi connectivity index (χ2n) is 17.7. The third-order valence-corrected chi connectivity index (χ3v) is 12.1. The molecule has 0 radical (unpaired) electrons. The lowest BCUT2D eigenvalue weighted by molar-refractivity contribution is 0.583. The summed E-state index contributed by atoms with van der Waals surface area (Å²) in [4.78, 5) is 5.82. The van der Waals surface area contributed by atoms with Crippen molar-refractivity contribution in [3.8, 4) is 11.5 Å². The molecule has 5 nitrogen and oxygen atoms in total. The standard InChI is InChI=1S/C53H47N5/c1-51(2,3)35-17-13-19-37(31-35)53(38-20-14-18-36(32-38)52(4,5)6,39-21-15-22-40(33-39)57-45-26-10-9-25-43(45)44-34-54-56-50(44)57)48-29-16-30-49(55-48)58-46-27-11-7-23-41(46)42-24-8-12-28-47(42)58/h7-34H,1-6H3,(H,54,56). The van der Waals surface area contributed by atoms with E-state index in [0.717, 1.165) is 50.3 Å². The van der Waals surface area contributed by atoms with Crippen LogP contribution in [0.2, 0.25) is 0 Å². The molecule has 0 aliphatic rings. The number of pyridine rings is 1. The Hall–Kier alpha value is -6.72. The van der Waals surface area contributed by atoms with E-state index >= 15 is 0 Å². The van der Waals surface area contributed by atoms with Crippen LogP contribution in [0.15, 0.2) is 170 Å². The minimum absolute atomic E-state index is 0.0780. The van der Waals surface area contributed by atoms with Gasteiger partial charge in [-0.3, -0.25) is 14.2 Å². The molecular weight excluding hydrogens is 707 g/mol. The Morgan fingerprint density at radius 3 is 1.47 bits per heavy atom. The first kappa shape index (κ1) is 35.7. The Morgan fingerprint density at radius 1 is 0.431 bits per heavy atom. The van der Waals surface area contributed by atoms with Crippen molar-refractivity contribution in [1.29, 1.82) is 0 Å². The van der Waals surface area contributed by atoms with Crippen LogP contribution in [0, 0.1) is 0 Å². The molecule has 1 N–H and O–H groups in total. The maximum atomic E-state index is 5.82. The quantitative estimate of drug-likeness (QED) is 0.172. The fraction of sp³-hybridized carbons (Fsp3) is 0.170. The topological polar surface area (TPSA) is 51.4 Å². The van der Waals surface area contributed by atoms with Gasteiger partial charge < -0.3 is 0 Å². The predicted octanol–water partition coefficient (Wildman–Crippen LogP) is 13.0. The maximum absolute atomic E-state index is 5.82. The second-order valence-corrected chi connectivity index (χ2v) is 17.7. The van der Waals surface area contributed by atoms with Gasteiger partial charge in [-0.15, -0.1) is 0 Å². The molecule has 4 aromatic heterocycles. The van der Waals surface area contributed by atoms with Gasteiger partial charge in [-0.1, -0.05) is 163 Å². The molecule has 0 aliphatic heterocycles. The zero-order valence-corrected chi connectivity index (χ0v) is 34.0. The normalized spacial score (nSPS) is 12.7. The summed E-state index contributed by atoms with van der Waals surface area (Å²) in [7, 11) is 0. The molecule has 5 heteroatoms. The zero-order valence-electron chi connectivity index (χ0n) is 34.0. The van der Waals surface area contributed by atoms with Crippen molar-refractivity contribution in [2.75, 3.05) is 0 Å². The minimum atomic E-state index is -0.830. The van der Waals surface area contributed by atoms with E-state index in [1.807, 2.05) is 6.20 Å². The third-order valence-electron chi connectivity index (χ3n) is 12.1. The molecule has 58 heavy (non-hydrogen) atoms. The van der Waals surface area contributed by atoms with E-state index in [0.29, 0.717) is 0 Å². The van der Waals surface area contributed by atoms with E-state index in [1.54, 1.807) is 0 Å². The Bertz CT molecular complexity index is 3050. The molecule has 0 saturated heterocycles. The van der Waals surface area contributed by atoms with Gasteiger partial charge in [0.05, 0.1) is 33.9 Å². The molecule has 10 rings (SSSR count). The smallest absolute Gasteiger partial charge is 0.141 e. The number of rotatable bonds is 6. The van der Waals surface area contributed by atoms with Crippen LogP contribution >= 0.6 is 0 Å². The van der Waals surface area contributed by atoms with E-state index in [4.69, 9.17) is 4.98 Å². The van der Waals surface area contributed by atoms with Crippen LogP contribution in [0.3, 0.4) is 0 Å². The van der Waals surface area contributed by atoms with Crippen LogP contribution in [-0.2, 0) is 16.2 Å². The summed E-state index contributed by atoms with van der Waals surface area (Å²) in [5.41, 5.74) is 11.4. The number of H-pyrrole nitrogens is 1. The van der Waals surface area contributed by atoms with Crippen molar-refractivity contribution < 1.29 is 0 Å². The van der Waals surface area contributed by atoms with Gasteiger partial charge in [0.2, 0.25) is 0 Å². The first-order valence-electron chi connectivity index (χ1n) is 20.2. The largest absolute Gasteiger partial charge is 0.294 e. The van der Waals surface area contributed by atoms with Crippen molar-refractivity contribution >= 4 is 43.7 Å². The predicted molar refractivity (Wildman–Crippen MR) is 241 cm³/mol. The van der Waals surface area contributed by atoms with Gasteiger partial charge in [-0.25, -0.2) is 4.98 Å². The first-order valence-corrected chi connectivity index (χ1v) is 20.2. The minimum Gasteiger partial charge on any atom is -0.294 e. The number of para-hydroxylation sites is 3. The highest BCUT2D eigenvalue weighted by Crippen LogP contribution is 2.47. The number of aromatic amines is 1. The van der Waals surface area contributed by atoms with Crippen molar-refractivity contribution in [1.82, 2.24) is 24.3 Å². The number of benzene rings is 6. The molecule has 284 valence electrons. The SMILES string of the molecule is CC(C)(C)c1cccc(C(c2cccc(-n3c4ccccc4c4cn[nH]c43)c2)(c2cccc(C(C)(C)C)c2)c2cccc(-n3c4ccccc4c4ccccc43)n2)c1. The van der Waals surface area contributed by atoms with Crippen LogP contribution in [-0.4, -0.2) is 24.3 Å². The van der Waals surface area contributed by atoms with Crippen LogP contribution in [0.4, 0.5) is 0 Å². The van der Waals surface area contributed by atoms with Crippen LogP contribution in [0.25, 0.3) is 55.2 Å². The fourth-order valence-corrected chi connectivity index (χ4v) is 9.12. The van der Waals surface area contributed by atoms with E-state index in [-0.39, 0.29) is 10.8 Å². The Balaban J connectivity index is 1.33. The number of nitrogens with zero attached hydrogens (tertiary/aromatic N) is 4. The Morgan fingerprint density at radius 2 is 0.897 bits per heavy atom. The van der Waals surface area contributed by atoms with Crippen molar-refractivity contribution in [3.05, 3.63) is 203 Å². The monoisotopic (exact) mass is 753 g/mol. The summed E-state index contributed by atoms with van der Waals surface area (Å²) < 4.78 is 4.64. The van der Waals surface area contributed by atoms with E-state index in [2.05, 4.69) is 225 Å². The first-order chi connectivity index (χ1) is 28.0.